The van der Waals surface area contributed by atoms with Crippen molar-refractivity contribution >= 4 is 0 Å². The Morgan fingerprint density at radius 1 is 1.33 bits per heavy atom. The Labute approximate surface area is 110 Å². The summed E-state index contributed by atoms with van der Waals surface area (Å²) >= 11 is 0. The van der Waals surface area contributed by atoms with Gasteiger partial charge < -0.3 is 15.6 Å². The third-order valence-electron chi connectivity index (χ3n) is 3.56. The molecule has 0 bridgehead atoms. The Morgan fingerprint density at radius 3 is 2.61 bits per heavy atom. The molecule has 3 N–H and O–H groups in total. The van der Waals surface area contributed by atoms with Gasteiger partial charge in [0.2, 0.25) is 0 Å². The van der Waals surface area contributed by atoms with Gasteiger partial charge in [-0.3, -0.25) is 0 Å². The molecule has 0 fully saturated rings. The van der Waals surface area contributed by atoms with Crippen LogP contribution >= 0.6 is 0 Å². The Morgan fingerprint density at radius 2 is 2.06 bits per heavy atom. The highest BCUT2D eigenvalue weighted by Crippen LogP contribution is 2.30. The lowest BCUT2D eigenvalue weighted by Gasteiger charge is -2.32. The zero-order valence-corrected chi connectivity index (χ0v) is 11.5. The lowest BCUT2D eigenvalue weighted by atomic mass is 9.75. The zero-order chi connectivity index (χ0) is 13.4. The van der Waals surface area contributed by atoms with E-state index in [0.717, 1.165) is 31.6 Å². The molecule has 0 aliphatic rings. The van der Waals surface area contributed by atoms with Crippen LogP contribution in [0.5, 0.6) is 0 Å². The number of ether oxygens (including phenoxy) is 1. The molecular formula is C15H25NO2. The third-order valence-corrected chi connectivity index (χ3v) is 3.56. The van der Waals surface area contributed by atoms with Gasteiger partial charge >= 0.3 is 0 Å². The first-order chi connectivity index (χ1) is 8.70. The second-order valence-corrected chi connectivity index (χ2v) is 4.76. The minimum absolute atomic E-state index is 0.0838. The molecule has 0 heterocycles. The molecule has 3 heteroatoms. The average molecular weight is 251 g/mol. The predicted octanol–water partition coefficient (Wildman–Crippen LogP) is 2.00. The van der Waals surface area contributed by atoms with Gasteiger partial charge in [0, 0.05) is 25.2 Å². The van der Waals surface area contributed by atoms with Crippen molar-refractivity contribution in [3.63, 3.8) is 0 Å². The van der Waals surface area contributed by atoms with Crippen molar-refractivity contribution in [3.05, 3.63) is 35.4 Å². The Kier molecular flexibility index (Phi) is 6.33. The van der Waals surface area contributed by atoms with Crippen molar-refractivity contribution in [2.75, 3.05) is 26.4 Å². The maximum absolute atomic E-state index is 9.79. The molecule has 102 valence electrons. The minimum atomic E-state index is -0.331. The first-order valence-electron chi connectivity index (χ1n) is 6.65. The quantitative estimate of drug-likeness (QED) is 0.695. The molecule has 0 aliphatic heterocycles. The molecule has 1 aromatic rings. The van der Waals surface area contributed by atoms with E-state index in [4.69, 9.17) is 10.5 Å². The van der Waals surface area contributed by atoms with E-state index in [1.807, 2.05) is 19.1 Å². The highest BCUT2D eigenvalue weighted by Gasteiger charge is 2.30. The molecule has 1 unspecified atom stereocenters. The lowest BCUT2D eigenvalue weighted by molar-refractivity contribution is 0.125. The second-order valence-electron chi connectivity index (χ2n) is 4.76. The summed E-state index contributed by atoms with van der Waals surface area (Å²) in [4.78, 5) is 0. The molecule has 1 rings (SSSR count). The number of hydrogen-bond donors (Lipinski definition) is 2. The van der Waals surface area contributed by atoms with Crippen LogP contribution in [0.3, 0.4) is 0 Å². The average Bonchev–Trinajstić information content (AvgIpc) is 2.41. The van der Waals surface area contributed by atoms with E-state index in [2.05, 4.69) is 19.1 Å². The first-order valence-corrected chi connectivity index (χ1v) is 6.65. The number of aryl methyl sites for hydroxylation is 1. The summed E-state index contributed by atoms with van der Waals surface area (Å²) in [6, 6.07) is 8.15. The van der Waals surface area contributed by atoms with Gasteiger partial charge in [-0.05, 0) is 37.8 Å². The van der Waals surface area contributed by atoms with Crippen molar-refractivity contribution in [1.82, 2.24) is 0 Å². The summed E-state index contributed by atoms with van der Waals surface area (Å²) in [5, 5.41) is 9.79. The monoisotopic (exact) mass is 251 g/mol. The standard InChI is InChI=1S/C15H25NO2/c1-3-18-10-6-9-15(11-16,12-17)14-8-5-4-7-13(14)2/h4-5,7-8,17H,3,6,9-12,16H2,1-2H3. The Hall–Kier alpha value is -0.900. The van der Waals surface area contributed by atoms with E-state index in [9.17, 15) is 5.11 Å². The molecule has 0 spiro atoms. The molecule has 0 aliphatic carbocycles. The van der Waals surface area contributed by atoms with E-state index < -0.39 is 0 Å². The van der Waals surface area contributed by atoms with Gasteiger partial charge in [-0.1, -0.05) is 24.3 Å². The van der Waals surface area contributed by atoms with Crippen LogP contribution in [-0.4, -0.2) is 31.5 Å². The number of aliphatic hydroxyl groups excluding tert-OH is 1. The Balaban J connectivity index is 2.83. The Bertz CT molecular complexity index is 348. The number of hydrogen-bond acceptors (Lipinski definition) is 3. The smallest absolute Gasteiger partial charge is 0.0540 e. The minimum Gasteiger partial charge on any atom is -0.395 e. The van der Waals surface area contributed by atoms with Gasteiger partial charge in [-0.25, -0.2) is 0 Å². The summed E-state index contributed by atoms with van der Waals surface area (Å²) in [5.74, 6) is 0. The van der Waals surface area contributed by atoms with Crippen LogP contribution in [0.25, 0.3) is 0 Å². The zero-order valence-electron chi connectivity index (χ0n) is 11.5. The topological polar surface area (TPSA) is 55.5 Å². The molecule has 0 aromatic heterocycles. The van der Waals surface area contributed by atoms with Gasteiger partial charge in [0.05, 0.1) is 6.61 Å². The summed E-state index contributed by atoms with van der Waals surface area (Å²) in [6.45, 7) is 6.06. The van der Waals surface area contributed by atoms with Crippen LogP contribution in [-0.2, 0) is 10.2 Å². The third kappa shape index (κ3) is 3.55. The number of benzene rings is 1. The maximum atomic E-state index is 9.79. The molecule has 3 nitrogen and oxygen atoms in total. The van der Waals surface area contributed by atoms with E-state index in [1.54, 1.807) is 0 Å². The van der Waals surface area contributed by atoms with E-state index in [0.29, 0.717) is 6.54 Å². The van der Waals surface area contributed by atoms with Crippen LogP contribution in [0.1, 0.15) is 30.9 Å². The predicted molar refractivity (Wildman–Crippen MR) is 74.7 cm³/mol. The highest BCUT2D eigenvalue weighted by molar-refractivity contribution is 5.34. The van der Waals surface area contributed by atoms with Crippen molar-refractivity contribution in [2.45, 2.75) is 32.1 Å². The first kappa shape index (κ1) is 15.2. The van der Waals surface area contributed by atoms with Crippen molar-refractivity contribution in [2.24, 2.45) is 5.73 Å². The van der Waals surface area contributed by atoms with E-state index in [-0.39, 0.29) is 12.0 Å². The fourth-order valence-corrected chi connectivity index (χ4v) is 2.40. The second kappa shape index (κ2) is 7.52. The molecule has 1 atom stereocenters. The van der Waals surface area contributed by atoms with Gasteiger partial charge in [0.1, 0.15) is 0 Å². The number of rotatable bonds is 8. The van der Waals surface area contributed by atoms with Crippen LogP contribution < -0.4 is 5.73 Å². The summed E-state index contributed by atoms with van der Waals surface area (Å²) in [5.41, 5.74) is 7.95. The van der Waals surface area contributed by atoms with Crippen LogP contribution in [0.2, 0.25) is 0 Å². The number of aliphatic hydroxyl groups is 1. The van der Waals surface area contributed by atoms with Crippen molar-refractivity contribution < 1.29 is 9.84 Å². The van der Waals surface area contributed by atoms with Gasteiger partial charge in [0.25, 0.3) is 0 Å². The molecular weight excluding hydrogens is 226 g/mol. The summed E-state index contributed by atoms with van der Waals surface area (Å²) in [6.07, 6.45) is 1.77. The van der Waals surface area contributed by atoms with Crippen LogP contribution in [0, 0.1) is 6.92 Å². The fraction of sp³-hybridized carbons (Fsp3) is 0.600. The lowest BCUT2D eigenvalue weighted by Crippen LogP contribution is -2.39. The normalized spacial score (nSPS) is 14.4. The van der Waals surface area contributed by atoms with Crippen LogP contribution in [0.4, 0.5) is 0 Å². The van der Waals surface area contributed by atoms with Gasteiger partial charge in [-0.2, -0.15) is 0 Å². The van der Waals surface area contributed by atoms with Crippen molar-refractivity contribution in [3.8, 4) is 0 Å². The van der Waals surface area contributed by atoms with Gasteiger partial charge in [0.15, 0.2) is 0 Å². The van der Waals surface area contributed by atoms with E-state index in [1.165, 1.54) is 5.56 Å². The fourth-order valence-electron chi connectivity index (χ4n) is 2.40. The number of nitrogens with two attached hydrogens (primary N) is 1. The maximum Gasteiger partial charge on any atom is 0.0540 e. The van der Waals surface area contributed by atoms with Crippen LogP contribution in [0.15, 0.2) is 24.3 Å². The highest BCUT2D eigenvalue weighted by atomic mass is 16.5. The molecule has 1 aromatic carbocycles. The molecule has 0 saturated heterocycles. The molecule has 0 amide bonds. The van der Waals surface area contributed by atoms with E-state index >= 15 is 0 Å². The van der Waals surface area contributed by atoms with Gasteiger partial charge in [-0.15, -0.1) is 0 Å². The van der Waals surface area contributed by atoms with Crippen molar-refractivity contribution in [1.29, 1.82) is 0 Å². The molecule has 18 heavy (non-hydrogen) atoms. The summed E-state index contributed by atoms with van der Waals surface area (Å²) in [7, 11) is 0. The summed E-state index contributed by atoms with van der Waals surface area (Å²) < 4.78 is 5.36. The largest absolute Gasteiger partial charge is 0.395 e. The molecule has 0 radical (unpaired) electrons. The SMILES string of the molecule is CCOCCCC(CN)(CO)c1ccccc1C. The molecule has 0 saturated carbocycles.